The normalized spacial score (nSPS) is 16.6. The molecule has 16 heavy (non-hydrogen) atoms. The van der Waals surface area contributed by atoms with Crippen molar-refractivity contribution < 1.29 is 0 Å². The number of rotatable bonds is 4. The van der Waals surface area contributed by atoms with Crippen LogP contribution in [0.5, 0.6) is 0 Å². The van der Waals surface area contributed by atoms with Gasteiger partial charge in [0.1, 0.15) is 11.4 Å². The number of nitrogens with one attached hydrogen (secondary N) is 1. The second kappa shape index (κ2) is 5.84. The molecule has 0 atom stereocenters. The van der Waals surface area contributed by atoms with Crippen molar-refractivity contribution in [2.45, 2.75) is 30.7 Å². The summed E-state index contributed by atoms with van der Waals surface area (Å²) in [5.74, 6) is 7.99. The van der Waals surface area contributed by atoms with Crippen LogP contribution in [-0.2, 0) is 0 Å². The highest BCUT2D eigenvalue weighted by Gasteiger charge is 2.16. The molecule has 0 aromatic carbocycles. The summed E-state index contributed by atoms with van der Waals surface area (Å²) in [5, 5.41) is 0.967. The van der Waals surface area contributed by atoms with E-state index < -0.39 is 0 Å². The molecular weight excluding hydrogens is 288 g/mol. The molecule has 1 aromatic heterocycles. The zero-order chi connectivity index (χ0) is 11.4. The molecule has 0 bridgehead atoms. The zero-order valence-electron chi connectivity index (χ0n) is 8.95. The third-order valence-corrected chi connectivity index (χ3v) is 5.06. The number of nitrogens with two attached hydrogens (primary N) is 1. The number of halogens is 1. The van der Waals surface area contributed by atoms with Gasteiger partial charge in [0.25, 0.3) is 0 Å². The van der Waals surface area contributed by atoms with Crippen LogP contribution < -0.4 is 11.3 Å². The molecule has 1 heterocycles. The largest absolute Gasteiger partial charge is 0.307 e. The molecule has 0 saturated heterocycles. The lowest BCUT2D eigenvalue weighted by molar-refractivity contribution is 0.622. The first kappa shape index (κ1) is 12.1. The van der Waals surface area contributed by atoms with Crippen molar-refractivity contribution in [1.29, 1.82) is 0 Å². The minimum absolute atomic E-state index is 0.643. The number of nitrogen functional groups attached to an aromatic ring is 1. The lowest BCUT2D eigenvalue weighted by Gasteiger charge is -2.10. The van der Waals surface area contributed by atoms with Gasteiger partial charge in [-0.2, -0.15) is 0 Å². The molecule has 1 aliphatic carbocycles. The van der Waals surface area contributed by atoms with Gasteiger partial charge in [-0.15, -0.1) is 11.8 Å². The molecule has 0 unspecified atom stereocenters. The molecule has 4 nitrogen and oxygen atoms in total. The van der Waals surface area contributed by atoms with Gasteiger partial charge in [-0.05, 0) is 34.7 Å². The summed E-state index contributed by atoms with van der Waals surface area (Å²) in [6.45, 7) is 0. The molecule has 1 saturated carbocycles. The Kier molecular flexibility index (Phi) is 4.43. The summed E-state index contributed by atoms with van der Waals surface area (Å²) < 4.78 is 0.862. The van der Waals surface area contributed by atoms with Crippen molar-refractivity contribution in [1.82, 2.24) is 9.97 Å². The maximum Gasteiger partial charge on any atom is 0.158 e. The molecule has 1 aromatic rings. The Morgan fingerprint density at radius 1 is 1.44 bits per heavy atom. The van der Waals surface area contributed by atoms with E-state index in [1.54, 1.807) is 11.8 Å². The molecule has 0 spiro atoms. The van der Waals surface area contributed by atoms with Crippen LogP contribution in [0.15, 0.2) is 15.8 Å². The Labute approximate surface area is 108 Å². The van der Waals surface area contributed by atoms with E-state index in [9.17, 15) is 0 Å². The van der Waals surface area contributed by atoms with E-state index in [-0.39, 0.29) is 0 Å². The van der Waals surface area contributed by atoms with Gasteiger partial charge in [0.05, 0.1) is 4.47 Å². The smallest absolute Gasteiger partial charge is 0.158 e. The van der Waals surface area contributed by atoms with Crippen LogP contribution in [0.1, 0.15) is 25.7 Å². The summed E-state index contributed by atoms with van der Waals surface area (Å²) in [4.78, 5) is 8.29. The molecule has 1 fully saturated rings. The van der Waals surface area contributed by atoms with Crippen LogP contribution in [-0.4, -0.2) is 15.7 Å². The molecular formula is C10H15BrN4S. The Hall–Kier alpha value is -0.330. The van der Waals surface area contributed by atoms with Crippen LogP contribution in [0.4, 0.5) is 5.82 Å². The highest BCUT2D eigenvalue weighted by Crippen LogP contribution is 2.34. The van der Waals surface area contributed by atoms with Gasteiger partial charge in [0, 0.05) is 5.75 Å². The average Bonchev–Trinajstić information content (AvgIpc) is 2.81. The maximum atomic E-state index is 5.36. The van der Waals surface area contributed by atoms with Gasteiger partial charge in [-0.3, -0.25) is 0 Å². The van der Waals surface area contributed by atoms with Gasteiger partial charge in [-0.25, -0.2) is 15.8 Å². The molecule has 0 amide bonds. The number of thioether (sulfide) groups is 1. The van der Waals surface area contributed by atoms with E-state index in [1.807, 2.05) is 0 Å². The van der Waals surface area contributed by atoms with E-state index in [0.29, 0.717) is 5.82 Å². The topological polar surface area (TPSA) is 63.8 Å². The monoisotopic (exact) mass is 302 g/mol. The molecule has 0 aliphatic heterocycles. The van der Waals surface area contributed by atoms with Crippen molar-refractivity contribution in [2.24, 2.45) is 11.8 Å². The quantitative estimate of drug-likeness (QED) is 0.387. The van der Waals surface area contributed by atoms with Gasteiger partial charge in [-0.1, -0.05) is 12.8 Å². The van der Waals surface area contributed by atoms with Crippen molar-refractivity contribution in [2.75, 3.05) is 11.2 Å². The van der Waals surface area contributed by atoms with Gasteiger partial charge >= 0.3 is 0 Å². The minimum atomic E-state index is 0.643. The molecule has 2 rings (SSSR count). The molecule has 3 N–H and O–H groups in total. The Balaban J connectivity index is 1.97. The second-order valence-corrected chi connectivity index (χ2v) is 5.75. The minimum Gasteiger partial charge on any atom is -0.307 e. The Morgan fingerprint density at radius 2 is 2.19 bits per heavy atom. The third-order valence-electron chi connectivity index (χ3n) is 2.82. The van der Waals surface area contributed by atoms with Crippen molar-refractivity contribution in [3.05, 3.63) is 10.8 Å². The van der Waals surface area contributed by atoms with Gasteiger partial charge in [0.15, 0.2) is 5.82 Å². The lowest BCUT2D eigenvalue weighted by atomic mass is 10.1. The van der Waals surface area contributed by atoms with E-state index in [0.717, 1.165) is 21.2 Å². The summed E-state index contributed by atoms with van der Waals surface area (Å²) in [5.41, 5.74) is 2.55. The second-order valence-electron chi connectivity index (χ2n) is 3.95. The van der Waals surface area contributed by atoms with Crippen LogP contribution in [0.25, 0.3) is 0 Å². The number of anilines is 1. The van der Waals surface area contributed by atoms with E-state index in [4.69, 9.17) is 5.84 Å². The lowest BCUT2D eigenvalue weighted by Crippen LogP contribution is -2.10. The van der Waals surface area contributed by atoms with Crippen molar-refractivity contribution >= 4 is 33.5 Å². The van der Waals surface area contributed by atoms with Crippen LogP contribution >= 0.6 is 27.7 Å². The number of hydrogen-bond donors (Lipinski definition) is 2. The first-order valence-electron chi connectivity index (χ1n) is 5.41. The summed E-state index contributed by atoms with van der Waals surface area (Å²) in [7, 11) is 0. The number of nitrogens with zero attached hydrogens (tertiary/aromatic N) is 2. The fourth-order valence-electron chi connectivity index (χ4n) is 1.93. The molecule has 1 aliphatic rings. The fourth-order valence-corrected chi connectivity index (χ4v) is 3.66. The van der Waals surface area contributed by atoms with E-state index in [2.05, 4.69) is 31.3 Å². The number of hydrazine groups is 1. The maximum absolute atomic E-state index is 5.36. The number of aromatic nitrogens is 2. The highest BCUT2D eigenvalue weighted by molar-refractivity contribution is 9.10. The van der Waals surface area contributed by atoms with Gasteiger partial charge < -0.3 is 5.43 Å². The summed E-state index contributed by atoms with van der Waals surface area (Å²) in [6.07, 6.45) is 7.02. The van der Waals surface area contributed by atoms with Crippen LogP contribution in [0.2, 0.25) is 0 Å². The Bertz CT molecular complexity index is 355. The first-order chi connectivity index (χ1) is 7.81. The van der Waals surface area contributed by atoms with E-state index in [1.165, 1.54) is 32.0 Å². The first-order valence-corrected chi connectivity index (χ1v) is 7.19. The van der Waals surface area contributed by atoms with Gasteiger partial charge in [0.2, 0.25) is 0 Å². The summed E-state index contributed by atoms with van der Waals surface area (Å²) >= 11 is 5.24. The molecule has 88 valence electrons. The Morgan fingerprint density at radius 3 is 2.88 bits per heavy atom. The van der Waals surface area contributed by atoms with Crippen molar-refractivity contribution in [3.63, 3.8) is 0 Å². The predicted molar refractivity (Wildman–Crippen MR) is 70.2 cm³/mol. The fraction of sp³-hybridized carbons (Fsp3) is 0.600. The van der Waals surface area contributed by atoms with Crippen molar-refractivity contribution in [3.8, 4) is 0 Å². The van der Waals surface area contributed by atoms with Crippen LogP contribution in [0.3, 0.4) is 0 Å². The number of hydrogen-bond acceptors (Lipinski definition) is 5. The molecule has 0 radical (unpaired) electrons. The molecule has 6 heteroatoms. The SMILES string of the molecule is NNc1ncnc(SCC2CCCC2)c1Br. The predicted octanol–water partition coefficient (Wildman–Crippen LogP) is 2.81. The average molecular weight is 303 g/mol. The highest BCUT2D eigenvalue weighted by atomic mass is 79.9. The zero-order valence-corrected chi connectivity index (χ0v) is 11.4. The van der Waals surface area contributed by atoms with E-state index >= 15 is 0 Å². The summed E-state index contributed by atoms with van der Waals surface area (Å²) in [6, 6.07) is 0. The van der Waals surface area contributed by atoms with Crippen LogP contribution in [0, 0.1) is 5.92 Å². The standard InChI is InChI=1S/C10H15BrN4S/c11-8-9(15-12)13-6-14-10(8)16-5-7-3-1-2-4-7/h6-7H,1-5,12H2,(H,13,14,15). The third kappa shape index (κ3) is 2.87.